The summed E-state index contributed by atoms with van der Waals surface area (Å²) in [5.41, 5.74) is 3.93. The molecule has 0 radical (unpaired) electrons. The highest BCUT2D eigenvalue weighted by atomic mass is 16.6. The van der Waals surface area contributed by atoms with Crippen LogP contribution in [0.15, 0.2) is 72.8 Å². The van der Waals surface area contributed by atoms with Gasteiger partial charge in [0.15, 0.2) is 0 Å². The number of nitrogens with one attached hydrogen (secondary N) is 1. The Morgan fingerprint density at radius 1 is 0.977 bits per heavy atom. The summed E-state index contributed by atoms with van der Waals surface area (Å²) in [5.74, 6) is -1.81. The van der Waals surface area contributed by atoms with Gasteiger partial charge in [0.2, 0.25) is 5.91 Å². The molecule has 1 N–H and O–H groups in total. The first-order valence-electron chi connectivity index (χ1n) is 14.2. The van der Waals surface area contributed by atoms with Gasteiger partial charge in [-0.15, -0.1) is 0 Å². The van der Waals surface area contributed by atoms with E-state index in [1.807, 2.05) is 56.3 Å². The minimum Gasteiger partial charge on any atom is -0.457 e. The van der Waals surface area contributed by atoms with Gasteiger partial charge in [0.1, 0.15) is 18.8 Å². The van der Waals surface area contributed by atoms with Gasteiger partial charge in [-0.2, -0.15) is 0 Å². The molecule has 0 unspecified atom stereocenters. The summed E-state index contributed by atoms with van der Waals surface area (Å²) in [6.07, 6.45) is -0.955. The Morgan fingerprint density at radius 3 is 2.33 bits per heavy atom. The third kappa shape index (κ3) is 8.44. The Bertz CT molecular complexity index is 1460. The molecule has 3 aromatic rings. The fourth-order valence-electron chi connectivity index (χ4n) is 4.90. The van der Waals surface area contributed by atoms with E-state index < -0.39 is 41.6 Å². The van der Waals surface area contributed by atoms with Crippen LogP contribution in [0.5, 0.6) is 0 Å². The molecular formula is C34H38N2O7. The van der Waals surface area contributed by atoms with Crippen molar-refractivity contribution in [2.24, 2.45) is 0 Å². The Kier molecular flexibility index (Phi) is 9.85. The smallest absolute Gasteiger partial charge is 0.417 e. The maximum absolute atomic E-state index is 13.9. The third-order valence-electron chi connectivity index (χ3n) is 7.01. The maximum Gasteiger partial charge on any atom is 0.417 e. The van der Waals surface area contributed by atoms with Crippen molar-refractivity contribution < 1.29 is 33.4 Å². The number of hydrogen-bond acceptors (Lipinski definition) is 7. The van der Waals surface area contributed by atoms with E-state index in [9.17, 15) is 19.2 Å². The van der Waals surface area contributed by atoms with Gasteiger partial charge < -0.3 is 19.5 Å². The number of nitrogens with zero attached hydrogens (tertiary/aromatic N) is 1. The van der Waals surface area contributed by atoms with Gasteiger partial charge in [0.05, 0.1) is 17.5 Å². The first-order chi connectivity index (χ1) is 20.4. The predicted molar refractivity (Wildman–Crippen MR) is 161 cm³/mol. The molecule has 1 fully saturated rings. The van der Waals surface area contributed by atoms with Crippen LogP contribution in [0.2, 0.25) is 0 Å². The summed E-state index contributed by atoms with van der Waals surface area (Å²) in [7, 11) is 0. The molecule has 1 aliphatic heterocycles. The Labute approximate surface area is 252 Å². The van der Waals surface area contributed by atoms with Crippen LogP contribution in [0.25, 0.3) is 0 Å². The fraction of sp³-hybridized carbons (Fsp3) is 0.353. The van der Waals surface area contributed by atoms with Crippen LogP contribution in [0.4, 0.5) is 9.59 Å². The number of rotatable bonds is 9. The van der Waals surface area contributed by atoms with Crippen LogP contribution in [0, 0.1) is 13.8 Å². The third-order valence-corrected chi connectivity index (χ3v) is 7.01. The summed E-state index contributed by atoms with van der Waals surface area (Å²) < 4.78 is 16.2. The topological polar surface area (TPSA) is 111 Å². The zero-order valence-electron chi connectivity index (χ0n) is 25.2. The molecule has 0 aliphatic carbocycles. The highest BCUT2D eigenvalue weighted by Crippen LogP contribution is 2.26. The van der Waals surface area contributed by atoms with Crippen LogP contribution >= 0.6 is 0 Å². The lowest BCUT2D eigenvalue weighted by atomic mass is 9.95. The molecule has 9 nitrogen and oxygen atoms in total. The van der Waals surface area contributed by atoms with E-state index >= 15 is 0 Å². The summed E-state index contributed by atoms with van der Waals surface area (Å²) in [4.78, 5) is 52.9. The molecule has 0 saturated carbocycles. The molecule has 1 aliphatic rings. The predicted octanol–water partition coefficient (Wildman–Crippen LogP) is 5.86. The largest absolute Gasteiger partial charge is 0.457 e. The first-order valence-corrected chi connectivity index (χ1v) is 14.2. The minimum atomic E-state index is -0.900. The molecule has 2 atom stereocenters. The molecule has 226 valence electrons. The SMILES string of the molecule is Cc1ccc(C(=O)OCc2ccc([C@H](CNC(=O)OC(C)(C)C)C(=O)N3C(=O)OC[C@H]3Cc3ccccc3)cc2)c(C)c1. The van der Waals surface area contributed by atoms with E-state index in [0.717, 1.165) is 27.2 Å². The quantitative estimate of drug-likeness (QED) is 0.247. The van der Waals surface area contributed by atoms with Crippen LogP contribution < -0.4 is 5.32 Å². The molecule has 0 aromatic heterocycles. The van der Waals surface area contributed by atoms with Crippen molar-refractivity contribution in [2.75, 3.05) is 13.2 Å². The number of cyclic esters (lactones) is 1. The lowest BCUT2D eigenvalue weighted by Gasteiger charge is -2.26. The number of aryl methyl sites for hydroxylation is 2. The van der Waals surface area contributed by atoms with Crippen LogP contribution in [-0.2, 0) is 32.0 Å². The summed E-state index contributed by atoms with van der Waals surface area (Å²) in [5, 5.41) is 2.67. The van der Waals surface area contributed by atoms with Crippen molar-refractivity contribution in [3.63, 3.8) is 0 Å². The zero-order valence-corrected chi connectivity index (χ0v) is 25.2. The average Bonchev–Trinajstić information content (AvgIpc) is 3.31. The molecule has 1 heterocycles. The molecule has 1 saturated heterocycles. The van der Waals surface area contributed by atoms with Crippen LogP contribution in [0.1, 0.15) is 64.9 Å². The number of amides is 3. The van der Waals surface area contributed by atoms with E-state index in [4.69, 9.17) is 14.2 Å². The van der Waals surface area contributed by atoms with Gasteiger partial charge in [-0.3, -0.25) is 4.79 Å². The number of alkyl carbamates (subject to hydrolysis) is 1. The number of esters is 1. The summed E-state index contributed by atoms with van der Waals surface area (Å²) in [6, 6.07) is 21.6. The lowest BCUT2D eigenvalue weighted by Crippen LogP contribution is -2.46. The van der Waals surface area contributed by atoms with Gasteiger partial charge in [-0.25, -0.2) is 19.3 Å². The molecular weight excluding hydrogens is 548 g/mol. The van der Waals surface area contributed by atoms with E-state index in [0.29, 0.717) is 17.5 Å². The first kappa shape index (κ1) is 31.3. The van der Waals surface area contributed by atoms with Gasteiger partial charge in [-0.1, -0.05) is 72.3 Å². The van der Waals surface area contributed by atoms with Crippen LogP contribution in [0.3, 0.4) is 0 Å². The number of imide groups is 1. The highest BCUT2D eigenvalue weighted by molar-refractivity contribution is 5.97. The number of hydrogen-bond donors (Lipinski definition) is 1. The molecule has 0 spiro atoms. The molecule has 3 aromatic carbocycles. The van der Waals surface area contributed by atoms with E-state index in [1.54, 1.807) is 51.1 Å². The van der Waals surface area contributed by atoms with Crippen molar-refractivity contribution in [1.82, 2.24) is 10.2 Å². The van der Waals surface area contributed by atoms with Gasteiger partial charge in [0.25, 0.3) is 0 Å². The number of benzene rings is 3. The average molecular weight is 587 g/mol. The molecule has 43 heavy (non-hydrogen) atoms. The standard InChI is InChI=1S/C34H38N2O7/c1-22-11-16-28(23(2)17-22)31(38)41-20-25-12-14-26(15-13-25)29(19-35-32(39)43-34(3,4)5)30(37)36-27(21-42-33(36)40)18-24-9-7-6-8-10-24/h6-17,27,29H,18-21H2,1-5H3,(H,35,39)/t27-,29+/m1/s1. The van der Waals surface area contributed by atoms with Gasteiger partial charge in [0, 0.05) is 6.54 Å². The molecule has 0 bridgehead atoms. The Balaban J connectivity index is 1.51. The van der Waals surface area contributed by atoms with Crippen molar-refractivity contribution >= 4 is 24.1 Å². The second-order valence-corrected chi connectivity index (χ2v) is 11.7. The highest BCUT2D eigenvalue weighted by Gasteiger charge is 2.41. The van der Waals surface area contributed by atoms with Gasteiger partial charge >= 0.3 is 18.2 Å². The van der Waals surface area contributed by atoms with E-state index in [2.05, 4.69) is 5.32 Å². The van der Waals surface area contributed by atoms with Crippen molar-refractivity contribution in [1.29, 1.82) is 0 Å². The van der Waals surface area contributed by atoms with Crippen molar-refractivity contribution in [2.45, 2.75) is 65.2 Å². The van der Waals surface area contributed by atoms with Crippen molar-refractivity contribution in [3.05, 3.63) is 106 Å². The minimum absolute atomic E-state index is 0.0405. The molecule has 4 rings (SSSR count). The summed E-state index contributed by atoms with van der Waals surface area (Å²) >= 11 is 0. The second-order valence-electron chi connectivity index (χ2n) is 11.7. The zero-order chi connectivity index (χ0) is 31.1. The molecule has 9 heteroatoms. The lowest BCUT2D eigenvalue weighted by molar-refractivity contribution is -0.130. The normalized spacial score (nSPS) is 15.4. The summed E-state index contributed by atoms with van der Waals surface area (Å²) in [6.45, 7) is 9.08. The van der Waals surface area contributed by atoms with Crippen LogP contribution in [-0.4, -0.2) is 53.8 Å². The monoisotopic (exact) mass is 586 g/mol. The Morgan fingerprint density at radius 2 is 1.67 bits per heavy atom. The van der Waals surface area contributed by atoms with E-state index in [-0.39, 0.29) is 19.8 Å². The van der Waals surface area contributed by atoms with E-state index in [1.165, 1.54) is 0 Å². The van der Waals surface area contributed by atoms with Crippen molar-refractivity contribution in [3.8, 4) is 0 Å². The number of carbonyl (C=O) groups excluding carboxylic acids is 4. The molecule has 3 amide bonds. The maximum atomic E-state index is 13.9. The Hall–Kier alpha value is -4.66. The number of carbonyl (C=O) groups is 4. The van der Waals surface area contributed by atoms with Gasteiger partial charge in [-0.05, 0) is 69.4 Å². The fourth-order valence-corrected chi connectivity index (χ4v) is 4.90. The second kappa shape index (κ2) is 13.5. The number of ether oxygens (including phenoxy) is 3.